The van der Waals surface area contributed by atoms with Crippen LogP contribution >= 0.6 is 0 Å². The number of aromatic hydroxyl groups is 3. The topological polar surface area (TPSA) is 98.7 Å². The largest absolute Gasteiger partial charge is 0.504 e. The van der Waals surface area contributed by atoms with Crippen molar-refractivity contribution in [2.45, 2.75) is 6.54 Å². The van der Waals surface area contributed by atoms with Crippen molar-refractivity contribution in [2.75, 3.05) is 0 Å². The zero-order valence-electron chi connectivity index (χ0n) is 6.28. The third-order valence-electron chi connectivity index (χ3n) is 1.51. The molecular formula is C7H10N2O3. The van der Waals surface area contributed by atoms with Crippen LogP contribution in [0.15, 0.2) is 12.1 Å². The van der Waals surface area contributed by atoms with Crippen LogP contribution in [-0.2, 0) is 6.54 Å². The fourth-order valence-corrected chi connectivity index (χ4v) is 0.863. The number of hydrogen-bond donors (Lipinski definition) is 5. The summed E-state index contributed by atoms with van der Waals surface area (Å²) >= 11 is 0. The predicted molar refractivity (Wildman–Crippen MR) is 42.5 cm³/mol. The summed E-state index contributed by atoms with van der Waals surface area (Å²) in [5.74, 6) is 3.78. The van der Waals surface area contributed by atoms with Crippen molar-refractivity contribution in [1.29, 1.82) is 0 Å². The average molecular weight is 172 g/mol. The van der Waals surface area contributed by atoms with Gasteiger partial charge in [0.25, 0.3) is 0 Å². The molecule has 0 spiro atoms. The van der Waals surface area contributed by atoms with Gasteiger partial charge in [0.1, 0.15) is 0 Å². The van der Waals surface area contributed by atoms with Crippen LogP contribution in [0, 0.1) is 0 Å². The fourth-order valence-electron chi connectivity index (χ4n) is 0.863. The van der Waals surface area contributed by atoms with Crippen molar-refractivity contribution in [1.82, 2.24) is 5.43 Å². The van der Waals surface area contributed by atoms with Gasteiger partial charge in [-0.05, 0) is 6.07 Å². The average Bonchev–Trinajstić information content (AvgIpc) is 2.07. The highest BCUT2D eigenvalue weighted by Gasteiger charge is 2.09. The molecule has 6 N–H and O–H groups in total. The molecule has 0 aromatic heterocycles. The molecule has 12 heavy (non-hydrogen) atoms. The number of rotatable bonds is 2. The van der Waals surface area contributed by atoms with Crippen molar-refractivity contribution >= 4 is 0 Å². The lowest BCUT2D eigenvalue weighted by atomic mass is 10.2. The van der Waals surface area contributed by atoms with E-state index < -0.39 is 5.75 Å². The van der Waals surface area contributed by atoms with Gasteiger partial charge in [0.2, 0.25) is 5.75 Å². The lowest BCUT2D eigenvalue weighted by molar-refractivity contribution is 0.364. The Morgan fingerprint density at radius 3 is 2.42 bits per heavy atom. The maximum atomic E-state index is 9.20. The number of nitrogens with one attached hydrogen (secondary N) is 1. The van der Waals surface area contributed by atoms with E-state index in [1.807, 2.05) is 0 Å². The molecule has 0 fully saturated rings. The Balaban J connectivity index is 3.08. The molecule has 0 radical (unpaired) electrons. The van der Waals surface area contributed by atoms with Gasteiger partial charge in [-0.1, -0.05) is 6.07 Å². The summed E-state index contributed by atoms with van der Waals surface area (Å²) in [6.45, 7) is 0.222. The Morgan fingerprint density at radius 1 is 1.17 bits per heavy atom. The Morgan fingerprint density at radius 2 is 1.83 bits per heavy atom. The molecule has 0 amide bonds. The molecule has 0 atom stereocenters. The van der Waals surface area contributed by atoms with Crippen LogP contribution in [0.2, 0.25) is 0 Å². The predicted octanol–water partition coefficient (Wildman–Crippen LogP) is -0.233. The van der Waals surface area contributed by atoms with Gasteiger partial charge in [0.15, 0.2) is 11.5 Å². The number of benzene rings is 1. The van der Waals surface area contributed by atoms with E-state index in [0.717, 1.165) is 0 Å². The summed E-state index contributed by atoms with van der Waals surface area (Å²) in [5, 5.41) is 27.2. The zero-order chi connectivity index (χ0) is 9.14. The Bertz CT molecular complexity index is 288. The molecule has 1 aromatic carbocycles. The van der Waals surface area contributed by atoms with Crippen LogP contribution in [0.4, 0.5) is 0 Å². The van der Waals surface area contributed by atoms with Crippen molar-refractivity contribution in [3.63, 3.8) is 0 Å². The highest BCUT2D eigenvalue weighted by Crippen LogP contribution is 2.36. The molecule has 66 valence electrons. The van der Waals surface area contributed by atoms with Crippen LogP contribution < -0.4 is 11.3 Å². The van der Waals surface area contributed by atoms with Gasteiger partial charge in [-0.15, -0.1) is 0 Å². The molecule has 5 nitrogen and oxygen atoms in total. The summed E-state index contributed by atoms with van der Waals surface area (Å²) in [6, 6.07) is 2.74. The molecule has 0 aliphatic heterocycles. The second-order valence-electron chi connectivity index (χ2n) is 2.32. The minimum absolute atomic E-state index is 0.222. The van der Waals surface area contributed by atoms with E-state index in [1.165, 1.54) is 12.1 Å². The van der Waals surface area contributed by atoms with Gasteiger partial charge < -0.3 is 15.3 Å². The SMILES string of the molecule is [15NH2][15NH]Cc1ccc(O)c(O)c1O. The number of nitrogens with two attached hydrogens (primary N) is 1. The third kappa shape index (κ3) is 1.41. The van der Waals surface area contributed by atoms with Crippen LogP contribution in [0.25, 0.3) is 0 Å². The van der Waals surface area contributed by atoms with E-state index in [4.69, 9.17) is 16.1 Å². The molecule has 0 unspecified atom stereocenters. The smallest absolute Gasteiger partial charge is 0.200 e. The fraction of sp³-hybridized carbons (Fsp3) is 0.143. The van der Waals surface area contributed by atoms with E-state index in [-0.39, 0.29) is 18.0 Å². The first-order chi connectivity index (χ1) is 5.66. The lowest BCUT2D eigenvalue weighted by Gasteiger charge is -2.05. The van der Waals surface area contributed by atoms with E-state index in [0.29, 0.717) is 5.56 Å². The maximum Gasteiger partial charge on any atom is 0.200 e. The van der Waals surface area contributed by atoms with Gasteiger partial charge in [0.05, 0.1) is 0 Å². The number of phenolic OH excluding ortho intramolecular Hbond substituents is 3. The number of hydrazine groups is 1. The van der Waals surface area contributed by atoms with Gasteiger partial charge in [-0.2, -0.15) is 0 Å². The van der Waals surface area contributed by atoms with Crippen LogP contribution in [0.3, 0.4) is 0 Å². The molecule has 0 aliphatic carbocycles. The number of phenols is 3. The number of hydrogen-bond acceptors (Lipinski definition) is 5. The molecule has 1 rings (SSSR count). The molecule has 0 heterocycles. The highest BCUT2D eigenvalue weighted by atomic mass is 16.3. The third-order valence-corrected chi connectivity index (χ3v) is 1.51. The van der Waals surface area contributed by atoms with Gasteiger partial charge in [0, 0.05) is 12.1 Å². The first-order valence-corrected chi connectivity index (χ1v) is 3.33. The summed E-state index contributed by atoms with van der Waals surface area (Å²) in [7, 11) is 0. The van der Waals surface area contributed by atoms with Crippen LogP contribution in [0.1, 0.15) is 5.56 Å². The normalized spacial score (nSPS) is 10.1. The van der Waals surface area contributed by atoms with Crippen molar-refractivity contribution in [3.8, 4) is 17.2 Å². The van der Waals surface area contributed by atoms with E-state index >= 15 is 0 Å². The molecule has 0 saturated heterocycles. The molecule has 0 saturated carbocycles. The second-order valence-corrected chi connectivity index (χ2v) is 2.32. The monoisotopic (exact) mass is 172 g/mol. The Kier molecular flexibility index (Phi) is 2.37. The summed E-state index contributed by atoms with van der Waals surface area (Å²) in [6.07, 6.45) is 0. The highest BCUT2D eigenvalue weighted by molar-refractivity contribution is 5.52. The van der Waals surface area contributed by atoms with Gasteiger partial charge in [-0.25, -0.2) is 0 Å². The first-order valence-electron chi connectivity index (χ1n) is 3.33. The van der Waals surface area contributed by atoms with Crippen LogP contribution in [0.5, 0.6) is 17.2 Å². The Labute approximate surface area is 69.0 Å². The van der Waals surface area contributed by atoms with Gasteiger partial charge >= 0.3 is 0 Å². The Hall–Kier alpha value is -1.46. The minimum atomic E-state index is -0.525. The van der Waals surface area contributed by atoms with Crippen molar-refractivity contribution in [2.24, 2.45) is 5.84 Å². The molecule has 5 heteroatoms. The van der Waals surface area contributed by atoms with E-state index in [2.05, 4.69) is 5.43 Å². The maximum absolute atomic E-state index is 9.20. The molecular weight excluding hydrogens is 162 g/mol. The molecule has 0 aliphatic rings. The summed E-state index contributed by atoms with van der Waals surface area (Å²) < 4.78 is 0. The van der Waals surface area contributed by atoms with E-state index in [1.54, 1.807) is 0 Å². The quantitative estimate of drug-likeness (QED) is 0.184. The standard InChI is InChI=1S/C7H10N2O3/c8-9-3-4-1-2-5(10)7(12)6(4)11/h1-2,9-12H,3,8H2/i8+1,9+1. The summed E-state index contributed by atoms with van der Waals surface area (Å²) in [5.41, 5.74) is 2.74. The van der Waals surface area contributed by atoms with Gasteiger partial charge in [-0.3, -0.25) is 11.3 Å². The summed E-state index contributed by atoms with van der Waals surface area (Å²) in [4.78, 5) is 0. The van der Waals surface area contributed by atoms with Crippen molar-refractivity contribution in [3.05, 3.63) is 17.7 Å². The first kappa shape index (κ1) is 8.63. The zero-order valence-corrected chi connectivity index (χ0v) is 6.28. The second kappa shape index (κ2) is 3.29. The van der Waals surface area contributed by atoms with E-state index in [9.17, 15) is 5.11 Å². The molecule has 0 bridgehead atoms. The van der Waals surface area contributed by atoms with Crippen molar-refractivity contribution < 1.29 is 15.3 Å². The lowest BCUT2D eigenvalue weighted by Crippen LogP contribution is -2.20. The minimum Gasteiger partial charge on any atom is -0.504 e. The van der Waals surface area contributed by atoms with Crippen LogP contribution in [-0.4, -0.2) is 15.3 Å². The molecule has 1 aromatic rings.